The predicted octanol–water partition coefficient (Wildman–Crippen LogP) is 6.27. The molecule has 3 N–H and O–H groups in total. The summed E-state index contributed by atoms with van der Waals surface area (Å²) < 4.78 is 35.1. The van der Waals surface area contributed by atoms with Crippen LogP contribution in [0.3, 0.4) is 0 Å². The Morgan fingerprint density at radius 3 is 2.40 bits per heavy atom. The zero-order valence-electron chi connectivity index (χ0n) is 27.1. The number of pyridine rings is 1. The summed E-state index contributed by atoms with van der Waals surface area (Å²) in [6.07, 6.45) is 1.14. The largest absolute Gasteiger partial charge is 0.453 e. The summed E-state index contributed by atoms with van der Waals surface area (Å²) in [4.78, 5) is 34.1. The predicted molar refractivity (Wildman–Crippen MR) is 188 cm³/mol. The smallest absolute Gasteiger partial charge is 0.236 e. The first-order chi connectivity index (χ1) is 23.2. The van der Waals surface area contributed by atoms with Crippen LogP contribution < -0.4 is 25.6 Å². The van der Waals surface area contributed by atoms with Crippen LogP contribution in [0.2, 0.25) is 0 Å². The average molecular weight is 673 g/mol. The summed E-state index contributed by atoms with van der Waals surface area (Å²) in [6, 6.07) is 21.5. The monoisotopic (exact) mass is 672 g/mol. The lowest BCUT2D eigenvalue weighted by molar-refractivity contribution is -0.125. The molecule has 0 aliphatic heterocycles. The molecule has 0 spiro atoms. The second-order valence-electron chi connectivity index (χ2n) is 11.3. The summed E-state index contributed by atoms with van der Waals surface area (Å²) in [5.74, 6) is -1.78. The number of aromatic nitrogens is 1. The van der Waals surface area contributed by atoms with E-state index in [-0.39, 0.29) is 11.4 Å². The number of nitrogens with one attached hydrogen (secondary N) is 3. The third-order valence-corrected chi connectivity index (χ3v) is 8.81. The molecule has 5 aromatic rings. The van der Waals surface area contributed by atoms with E-state index in [9.17, 15) is 14.0 Å². The van der Waals surface area contributed by atoms with Crippen molar-refractivity contribution in [2.45, 2.75) is 13.0 Å². The van der Waals surface area contributed by atoms with Crippen molar-refractivity contribution >= 4 is 44.7 Å². The minimum absolute atomic E-state index is 0.0201. The maximum Gasteiger partial charge on any atom is 0.236 e. The van der Waals surface area contributed by atoms with Gasteiger partial charge in [-0.25, -0.2) is 8.78 Å². The molecular formula is C36H38F2N6O3S. The van der Waals surface area contributed by atoms with Gasteiger partial charge in [-0.2, -0.15) is 0 Å². The molecular weight excluding hydrogens is 634 g/mol. The maximum atomic E-state index is 15.1. The Bertz CT molecular complexity index is 1850. The second kappa shape index (κ2) is 16.4. The van der Waals surface area contributed by atoms with Gasteiger partial charge in [0.15, 0.2) is 11.6 Å². The molecule has 2 aromatic heterocycles. The number of carbonyl (C=O) groups is 2. The SMILES string of the molecule is CNCCNCCN(C)Cc1ccc(-c2cc3nccc(Oc4ccc(NC(=O)CC(=O)N(C)c5ccc(F)cc5)cc4F)c3s2)cc1. The number of anilines is 2. The Hall–Kier alpha value is -4.75. The number of halogens is 2. The van der Waals surface area contributed by atoms with E-state index in [1.807, 2.05) is 13.1 Å². The van der Waals surface area contributed by atoms with Gasteiger partial charge in [-0.15, -0.1) is 11.3 Å². The van der Waals surface area contributed by atoms with Crippen molar-refractivity contribution in [3.05, 3.63) is 102 Å². The molecule has 250 valence electrons. The minimum atomic E-state index is -0.682. The Kier molecular flexibility index (Phi) is 11.8. The highest BCUT2D eigenvalue weighted by molar-refractivity contribution is 7.22. The van der Waals surface area contributed by atoms with Gasteiger partial charge in [0, 0.05) is 74.4 Å². The Labute approximate surface area is 282 Å². The van der Waals surface area contributed by atoms with Gasteiger partial charge in [-0.1, -0.05) is 24.3 Å². The summed E-state index contributed by atoms with van der Waals surface area (Å²) >= 11 is 1.51. The summed E-state index contributed by atoms with van der Waals surface area (Å²) in [6.45, 7) is 4.63. The van der Waals surface area contributed by atoms with Gasteiger partial charge < -0.3 is 30.5 Å². The van der Waals surface area contributed by atoms with Crippen molar-refractivity contribution in [2.75, 3.05) is 57.5 Å². The zero-order valence-corrected chi connectivity index (χ0v) is 27.9. The average Bonchev–Trinajstić information content (AvgIpc) is 3.52. The van der Waals surface area contributed by atoms with E-state index >= 15 is 4.39 Å². The fourth-order valence-electron chi connectivity index (χ4n) is 4.96. The summed E-state index contributed by atoms with van der Waals surface area (Å²) in [5.41, 5.74) is 3.64. The number of carbonyl (C=O) groups excluding carboxylic acids is 2. The number of amides is 2. The number of fused-ring (bicyclic) bond motifs is 1. The summed E-state index contributed by atoms with van der Waals surface area (Å²) in [7, 11) is 5.55. The maximum absolute atomic E-state index is 15.1. The molecule has 0 atom stereocenters. The zero-order chi connectivity index (χ0) is 34.0. The lowest BCUT2D eigenvalue weighted by Gasteiger charge is -2.17. The van der Waals surface area contributed by atoms with Crippen LogP contribution in [0.25, 0.3) is 20.7 Å². The Balaban J connectivity index is 1.19. The molecule has 3 aromatic carbocycles. The van der Waals surface area contributed by atoms with Gasteiger partial charge in [0.05, 0.1) is 10.2 Å². The highest BCUT2D eigenvalue weighted by Crippen LogP contribution is 2.40. The third-order valence-electron chi connectivity index (χ3n) is 7.62. The molecule has 0 saturated carbocycles. The number of ether oxygens (including phenoxy) is 1. The number of nitrogens with zero attached hydrogens (tertiary/aromatic N) is 3. The van der Waals surface area contributed by atoms with Crippen molar-refractivity contribution < 1.29 is 23.1 Å². The van der Waals surface area contributed by atoms with Crippen molar-refractivity contribution in [2.24, 2.45) is 0 Å². The first-order valence-corrected chi connectivity index (χ1v) is 16.3. The molecule has 48 heavy (non-hydrogen) atoms. The number of rotatable bonds is 15. The van der Waals surface area contributed by atoms with E-state index in [0.29, 0.717) is 11.4 Å². The van der Waals surface area contributed by atoms with Crippen molar-refractivity contribution in [1.29, 1.82) is 0 Å². The van der Waals surface area contributed by atoms with Crippen LogP contribution in [-0.2, 0) is 16.1 Å². The third kappa shape index (κ3) is 9.20. The van der Waals surface area contributed by atoms with Crippen molar-refractivity contribution in [3.63, 3.8) is 0 Å². The van der Waals surface area contributed by atoms with E-state index in [0.717, 1.165) is 59.4 Å². The normalized spacial score (nSPS) is 11.2. The number of likely N-dealkylation sites (N-methyl/N-ethyl adjacent to an activating group) is 2. The van der Waals surface area contributed by atoms with Crippen LogP contribution in [0.1, 0.15) is 12.0 Å². The molecule has 2 amide bonds. The molecule has 12 heteroatoms. The number of hydrogen-bond donors (Lipinski definition) is 3. The van der Waals surface area contributed by atoms with Crippen LogP contribution in [0.4, 0.5) is 20.2 Å². The highest BCUT2D eigenvalue weighted by atomic mass is 32.1. The molecule has 0 radical (unpaired) electrons. The summed E-state index contributed by atoms with van der Waals surface area (Å²) in [5, 5.41) is 9.09. The van der Waals surface area contributed by atoms with Crippen molar-refractivity contribution in [1.82, 2.24) is 20.5 Å². The van der Waals surface area contributed by atoms with Crippen molar-refractivity contribution in [3.8, 4) is 21.9 Å². The highest BCUT2D eigenvalue weighted by Gasteiger charge is 2.17. The first-order valence-electron chi connectivity index (χ1n) is 15.5. The molecule has 0 fully saturated rings. The molecule has 9 nitrogen and oxygen atoms in total. The first kappa shape index (κ1) is 34.6. The van der Waals surface area contributed by atoms with E-state index < -0.39 is 29.9 Å². The molecule has 0 saturated heterocycles. The van der Waals surface area contributed by atoms with E-state index in [1.54, 1.807) is 12.3 Å². The molecule has 0 aliphatic carbocycles. The van der Waals surface area contributed by atoms with Crippen LogP contribution in [0.15, 0.2) is 85.1 Å². The Morgan fingerprint density at radius 1 is 0.896 bits per heavy atom. The lowest BCUT2D eigenvalue weighted by Crippen LogP contribution is -2.32. The van der Waals surface area contributed by atoms with Gasteiger partial charge >= 0.3 is 0 Å². The van der Waals surface area contributed by atoms with Gasteiger partial charge in [-0.3, -0.25) is 14.6 Å². The lowest BCUT2D eigenvalue weighted by atomic mass is 10.1. The number of thiophene rings is 1. The minimum Gasteiger partial charge on any atom is -0.453 e. The second-order valence-corrected chi connectivity index (χ2v) is 12.4. The van der Waals surface area contributed by atoms with Crippen LogP contribution in [-0.4, -0.2) is 69.0 Å². The number of benzene rings is 3. The van der Waals surface area contributed by atoms with Gasteiger partial charge in [0.1, 0.15) is 18.0 Å². The standard InChI is InChI=1S/C36H38F2N6O3S/c1-39-16-17-40-18-19-43(2)23-24-4-6-25(7-5-24)33-21-30-36(48-33)32(14-15-41-30)47-31-13-10-27(20-29(31)38)42-34(45)22-35(46)44(3)28-11-8-26(37)9-12-28/h4-15,20-21,39-40H,16-19,22-23H2,1-3H3,(H,42,45). The molecule has 5 rings (SSSR count). The molecule has 0 bridgehead atoms. The van der Waals surface area contributed by atoms with Crippen LogP contribution in [0, 0.1) is 11.6 Å². The molecule has 2 heterocycles. The van der Waals surface area contributed by atoms with Gasteiger partial charge in [0.25, 0.3) is 0 Å². The van der Waals surface area contributed by atoms with Crippen LogP contribution >= 0.6 is 11.3 Å². The van der Waals surface area contributed by atoms with E-state index in [2.05, 4.69) is 57.1 Å². The van der Waals surface area contributed by atoms with Gasteiger partial charge in [0.2, 0.25) is 11.8 Å². The van der Waals surface area contributed by atoms with E-state index in [1.165, 1.54) is 65.2 Å². The van der Waals surface area contributed by atoms with Crippen LogP contribution in [0.5, 0.6) is 11.5 Å². The number of hydrogen-bond acceptors (Lipinski definition) is 8. The fraction of sp³-hybridized carbons (Fsp3) is 0.250. The van der Waals surface area contributed by atoms with Gasteiger partial charge in [-0.05, 0) is 67.7 Å². The Morgan fingerprint density at radius 2 is 1.67 bits per heavy atom. The topological polar surface area (TPSA) is 98.8 Å². The van der Waals surface area contributed by atoms with E-state index in [4.69, 9.17) is 4.74 Å². The quantitative estimate of drug-likeness (QED) is 0.0892. The fourth-order valence-corrected chi connectivity index (χ4v) is 6.03. The molecule has 0 unspecified atom stereocenters. The molecule has 0 aliphatic rings.